The fourth-order valence-corrected chi connectivity index (χ4v) is 8.54. The van der Waals surface area contributed by atoms with Gasteiger partial charge in [0.05, 0.1) is 23.5 Å². The number of benzene rings is 1. The van der Waals surface area contributed by atoms with Crippen LogP contribution in [0, 0.1) is 5.92 Å². The molecule has 1 aromatic carbocycles. The number of para-hydroxylation sites is 1. The Bertz CT molecular complexity index is 2960. The number of aryl methyl sites for hydroxylation is 3. The highest BCUT2D eigenvalue weighted by atomic mass is 35.5. The van der Waals surface area contributed by atoms with Gasteiger partial charge in [0.1, 0.15) is 27.2 Å². The zero-order valence-corrected chi connectivity index (χ0v) is 41.3. The van der Waals surface area contributed by atoms with Gasteiger partial charge in [-0.1, -0.05) is 54.4 Å². The number of Topliss-reactive ketones (excluding diaryl/α,β-unsaturated/α-hetero) is 1. The Morgan fingerprint density at radius 3 is 1.76 bits per heavy atom. The van der Waals surface area contributed by atoms with Crippen molar-refractivity contribution in [3.63, 3.8) is 0 Å². The second-order valence-corrected chi connectivity index (χ2v) is 16.9. The molecule has 1 atom stereocenters. The molecule has 0 saturated heterocycles. The highest BCUT2D eigenvalue weighted by Gasteiger charge is 2.31. The maximum absolute atomic E-state index is 11.1. The minimum atomic E-state index is -0.833. The number of H-pyrrole nitrogens is 4. The molecule has 0 radical (unpaired) electrons. The Morgan fingerprint density at radius 1 is 0.643 bits per heavy atom. The smallest absolute Gasteiger partial charge is 0.325 e. The first-order valence-corrected chi connectivity index (χ1v) is 23.5. The first kappa shape index (κ1) is 58.5. The summed E-state index contributed by atoms with van der Waals surface area (Å²) in [6.07, 6.45) is 13.4. The Kier molecular flexibility index (Phi) is 24.6. The van der Waals surface area contributed by atoms with E-state index in [2.05, 4.69) is 56.3 Å². The van der Waals surface area contributed by atoms with Crippen molar-refractivity contribution in [3.05, 3.63) is 143 Å². The number of ether oxygens (including phenoxy) is 1. The lowest BCUT2D eigenvalue weighted by atomic mass is 9.98. The zero-order chi connectivity index (χ0) is 50.6. The van der Waals surface area contributed by atoms with Crippen LogP contribution in [-0.2, 0) is 52.9 Å². The minimum absolute atomic E-state index is 0. The number of hydrogen-bond acceptors (Lipinski definition) is 14. The van der Waals surface area contributed by atoms with Crippen molar-refractivity contribution in [3.8, 4) is 0 Å². The van der Waals surface area contributed by atoms with Crippen LogP contribution >= 0.6 is 69.6 Å². The minimum Gasteiger partial charge on any atom is -0.465 e. The topological polar surface area (TPSA) is 321 Å². The zero-order valence-electron chi connectivity index (χ0n) is 36.8. The summed E-state index contributed by atoms with van der Waals surface area (Å²) in [6, 6.07) is 7.86. The molecule has 1 saturated carbocycles. The van der Waals surface area contributed by atoms with Crippen molar-refractivity contribution >= 4 is 98.3 Å². The van der Waals surface area contributed by atoms with E-state index in [0.29, 0.717) is 34.9 Å². The van der Waals surface area contributed by atoms with Crippen molar-refractivity contribution in [2.75, 3.05) is 6.61 Å². The average molecular weight is 1090 g/mol. The van der Waals surface area contributed by atoms with Gasteiger partial charge in [-0.3, -0.25) is 29.1 Å². The normalized spacial score (nSPS) is 14.3. The molecule has 1 unspecified atom stereocenters. The molecule has 8 N–H and O–H groups in total. The number of carbonyl (C=O) groups excluding carboxylic acids is 3. The number of nitrogens with zero attached hydrogens (tertiary/aromatic N) is 6. The second-order valence-electron chi connectivity index (χ2n) is 14.9. The maximum atomic E-state index is 11.1. The van der Waals surface area contributed by atoms with Gasteiger partial charge in [0.25, 0.3) is 11.1 Å². The van der Waals surface area contributed by atoms with Gasteiger partial charge in [-0.15, -0.1) is 0 Å². The molecule has 10 rings (SSSR count). The summed E-state index contributed by atoms with van der Waals surface area (Å²) in [5.74, 6) is -0.742. The van der Waals surface area contributed by atoms with Crippen LogP contribution in [0.1, 0.15) is 94.5 Å². The van der Waals surface area contributed by atoms with Crippen LogP contribution in [0.25, 0.3) is 10.9 Å². The first-order chi connectivity index (χ1) is 32.9. The number of aromatic nitrogens is 10. The molecular weight excluding hydrogens is 1040 g/mol. The van der Waals surface area contributed by atoms with Gasteiger partial charge in [-0.25, -0.2) is 44.3 Å². The van der Waals surface area contributed by atoms with Gasteiger partial charge in [0.15, 0.2) is 0 Å². The third-order valence-corrected chi connectivity index (χ3v) is 11.5. The van der Waals surface area contributed by atoms with Gasteiger partial charge in [-0.2, -0.15) is 0 Å². The molecular formula is C44H52Cl6N12O8. The third kappa shape index (κ3) is 18.9. The Morgan fingerprint density at radius 2 is 1.19 bits per heavy atom. The largest absolute Gasteiger partial charge is 0.465 e. The summed E-state index contributed by atoms with van der Waals surface area (Å²) in [5, 5.41) is 2.98. The third-order valence-electron chi connectivity index (χ3n) is 10.0. The molecule has 4 aliphatic rings. The molecule has 5 heterocycles. The highest BCUT2D eigenvalue weighted by molar-refractivity contribution is 6.35. The van der Waals surface area contributed by atoms with Crippen molar-refractivity contribution in [1.82, 2.24) is 49.8 Å². The molecule has 26 heteroatoms. The number of hydrogen-bond donors (Lipinski definition) is 6. The molecule has 6 aromatic rings. The summed E-state index contributed by atoms with van der Waals surface area (Å²) < 4.78 is 4.74. The molecule has 0 bridgehead atoms. The van der Waals surface area contributed by atoms with E-state index in [1.807, 2.05) is 29.2 Å². The molecule has 20 nitrogen and oxygen atoms in total. The summed E-state index contributed by atoms with van der Waals surface area (Å²) in [4.78, 5) is 106. The monoisotopic (exact) mass is 1090 g/mol. The van der Waals surface area contributed by atoms with E-state index in [9.17, 15) is 28.8 Å². The van der Waals surface area contributed by atoms with Gasteiger partial charge in [0.2, 0.25) is 15.9 Å². The van der Waals surface area contributed by atoms with Crippen LogP contribution in [0.3, 0.4) is 0 Å². The molecule has 1 fully saturated rings. The van der Waals surface area contributed by atoms with E-state index < -0.39 is 23.3 Å². The lowest BCUT2D eigenvalue weighted by molar-refractivity contribution is -0.150. The standard InChI is InChI=1S/C8H8Cl2N2.C8H4Cl2N2.C8H12O3.C7H6Cl2N2.C7H8N2O2.C4H4N2O2.CH4N2O.CH4.H2/c2*9-7-5-3-1-2-4-6(5)11-8(10)12-7;1-2-11-8(10)6-4-3-5-7(6)9;8-6-4-2-1-3-5(4)10-7(9)11-6;10-6-4-2-1-3-5(4)8-7(11)9-6;7-3-1-2-5-4(8)6-3;2-1(3)4;;/h1-4H2;1-4H;6H,2-5H2,1H3;1-3H2;1-3H2,(H2,8,9,10,11);1-2H,(H2,5,6,7,8);(H4,2,3,4);1H4;1H/i;;;;;;;;1+1. The number of halogens is 6. The van der Waals surface area contributed by atoms with Crippen molar-refractivity contribution in [2.24, 2.45) is 17.4 Å². The first-order valence-electron chi connectivity index (χ1n) is 21.2. The number of aromatic amines is 4. The van der Waals surface area contributed by atoms with Crippen LogP contribution in [-0.4, -0.2) is 74.2 Å². The second kappa shape index (κ2) is 29.4. The van der Waals surface area contributed by atoms with Crippen LogP contribution in [0.15, 0.2) is 55.7 Å². The van der Waals surface area contributed by atoms with Gasteiger partial charge >= 0.3 is 23.4 Å². The van der Waals surface area contributed by atoms with E-state index in [-0.39, 0.29) is 47.6 Å². The van der Waals surface area contributed by atoms with E-state index >= 15 is 0 Å². The number of amides is 2. The summed E-state index contributed by atoms with van der Waals surface area (Å²) in [5.41, 5.74) is 13.6. The lowest BCUT2D eigenvalue weighted by Crippen LogP contribution is -2.25. The fourth-order valence-electron chi connectivity index (χ4n) is 7.06. The number of fused-ring (bicyclic) bond motifs is 4. The Labute approximate surface area is 431 Å². The molecule has 0 aliphatic heterocycles. The van der Waals surface area contributed by atoms with Crippen LogP contribution in [0.2, 0.25) is 31.3 Å². The van der Waals surface area contributed by atoms with E-state index in [0.717, 1.165) is 102 Å². The van der Waals surface area contributed by atoms with Crippen LogP contribution in [0.4, 0.5) is 4.79 Å². The number of primary amides is 2. The highest BCUT2D eigenvalue weighted by Crippen LogP contribution is 2.28. The quantitative estimate of drug-likeness (QED) is 0.0429. The number of esters is 1. The molecule has 0 spiro atoms. The Balaban J connectivity index is 0.000000287. The SMILES string of the molecule is C.CCOC(=O)C1CCCC1=O.Clc1nc(Cl)c2c(n1)CCC2.Clc1nc(Cl)c2c(n1)CCCC2.Clc1nc(Cl)c2ccccc2n1.NC(N)=O.O=c1[nH]c2c(c(=O)[nH]1)CCC2.O=c1cc[nH]c(=O)[nH]1.[2HH]. The van der Waals surface area contributed by atoms with Gasteiger partial charge in [0, 0.05) is 47.9 Å². The van der Waals surface area contributed by atoms with Crippen LogP contribution in [0.5, 0.6) is 0 Å². The van der Waals surface area contributed by atoms with Crippen molar-refractivity contribution in [2.45, 2.75) is 97.8 Å². The molecule has 70 heavy (non-hydrogen) atoms. The number of carbonyl (C=O) groups is 3. The predicted octanol–water partition coefficient (Wildman–Crippen LogP) is 7.31. The summed E-state index contributed by atoms with van der Waals surface area (Å²) >= 11 is 34.5. The lowest BCUT2D eigenvalue weighted by Gasteiger charge is -2.14. The van der Waals surface area contributed by atoms with Crippen molar-refractivity contribution < 1.29 is 20.5 Å². The van der Waals surface area contributed by atoms with E-state index in [1.165, 1.54) is 25.1 Å². The number of ketones is 1. The maximum Gasteiger partial charge on any atom is 0.325 e. The molecule has 4 aliphatic carbocycles. The fraction of sp³-hybridized carbons (Fsp3) is 0.386. The van der Waals surface area contributed by atoms with Gasteiger partial charge in [-0.05, 0) is 131 Å². The average Bonchev–Trinajstić information content (AvgIpc) is 4.07. The number of urea groups is 1. The molecule has 378 valence electrons. The van der Waals surface area contributed by atoms with Gasteiger partial charge < -0.3 is 26.2 Å². The number of nitrogens with one attached hydrogen (secondary N) is 4. The predicted molar refractivity (Wildman–Crippen MR) is 271 cm³/mol. The molecule has 5 aromatic heterocycles. The Hall–Kier alpha value is -5.77. The van der Waals surface area contributed by atoms with E-state index in [4.69, 9.17) is 79.1 Å². The number of nitrogens with two attached hydrogens (primary N) is 2. The van der Waals surface area contributed by atoms with Crippen molar-refractivity contribution in [1.29, 1.82) is 0 Å². The number of rotatable bonds is 2. The van der Waals surface area contributed by atoms with Crippen LogP contribution < -0.4 is 34.0 Å². The van der Waals surface area contributed by atoms with E-state index in [1.54, 1.807) is 6.92 Å². The summed E-state index contributed by atoms with van der Waals surface area (Å²) in [6.45, 7) is 2.11. The molecule has 2 amide bonds. The summed E-state index contributed by atoms with van der Waals surface area (Å²) in [7, 11) is 0.